The van der Waals surface area contributed by atoms with Gasteiger partial charge in [-0.1, -0.05) is 44.6 Å². The predicted octanol–water partition coefficient (Wildman–Crippen LogP) is -2.42. The van der Waals surface area contributed by atoms with Gasteiger partial charge in [0.15, 0.2) is 12.6 Å². The van der Waals surface area contributed by atoms with Gasteiger partial charge in [-0.3, -0.25) is 4.79 Å². The van der Waals surface area contributed by atoms with Gasteiger partial charge in [0.05, 0.1) is 32.0 Å². The average Bonchev–Trinajstić information content (AvgIpc) is 2.97. The fraction of sp³-hybridized carbons (Fsp3) is 0.815. The maximum Gasteiger partial charge on any atom is 0.220 e. The third-order valence-corrected chi connectivity index (χ3v) is 6.94. The molecule has 14 heteroatoms. The molecular formula is C27H47NO13. The summed E-state index contributed by atoms with van der Waals surface area (Å²) in [6.07, 6.45) is -5.84. The van der Waals surface area contributed by atoms with E-state index in [-0.39, 0.29) is 18.9 Å². The molecule has 0 bridgehead atoms. The zero-order chi connectivity index (χ0) is 30.5. The van der Waals surface area contributed by atoms with E-state index in [4.69, 9.17) is 18.9 Å². The van der Waals surface area contributed by atoms with Gasteiger partial charge in [-0.05, 0) is 19.3 Å². The minimum atomic E-state index is -1.78. The van der Waals surface area contributed by atoms with Crippen molar-refractivity contribution in [3.63, 3.8) is 0 Å². The third kappa shape index (κ3) is 10.3. The number of unbranched alkanes of at least 4 members (excludes halogenated alkanes) is 2. The van der Waals surface area contributed by atoms with Crippen molar-refractivity contribution < 1.29 is 64.6 Å². The lowest BCUT2D eigenvalue weighted by Gasteiger charge is -2.46. The summed E-state index contributed by atoms with van der Waals surface area (Å²) < 4.78 is 22.0. The van der Waals surface area contributed by atoms with E-state index in [1.165, 1.54) is 6.08 Å². The Morgan fingerprint density at radius 3 is 2.07 bits per heavy atom. The van der Waals surface area contributed by atoms with Gasteiger partial charge >= 0.3 is 0 Å². The maximum atomic E-state index is 12.1. The normalized spacial score (nSPS) is 36.0. The number of aliphatic hydroxyl groups is 8. The number of nitrogens with one attached hydrogen (secondary N) is 1. The molecule has 2 aliphatic rings. The Labute approximate surface area is 239 Å². The molecular weight excluding hydrogens is 546 g/mol. The van der Waals surface area contributed by atoms with E-state index in [1.54, 1.807) is 13.0 Å². The Morgan fingerprint density at radius 1 is 0.829 bits per heavy atom. The highest BCUT2D eigenvalue weighted by Gasteiger charge is 2.50. The van der Waals surface area contributed by atoms with Crippen LogP contribution in [0.15, 0.2) is 24.3 Å². The van der Waals surface area contributed by atoms with E-state index in [1.807, 2.05) is 0 Å². The van der Waals surface area contributed by atoms with Crippen LogP contribution in [0.2, 0.25) is 0 Å². The molecule has 2 aliphatic heterocycles. The molecule has 238 valence electrons. The first kappa shape index (κ1) is 35.7. The van der Waals surface area contributed by atoms with E-state index in [2.05, 4.69) is 24.4 Å². The van der Waals surface area contributed by atoms with E-state index < -0.39 is 86.8 Å². The average molecular weight is 594 g/mol. The van der Waals surface area contributed by atoms with Gasteiger partial charge in [-0.2, -0.15) is 0 Å². The number of ether oxygens (including phenoxy) is 4. The van der Waals surface area contributed by atoms with E-state index in [0.29, 0.717) is 6.42 Å². The van der Waals surface area contributed by atoms with E-state index in [0.717, 1.165) is 19.3 Å². The minimum absolute atomic E-state index is 0.153. The van der Waals surface area contributed by atoms with Crippen LogP contribution in [0.5, 0.6) is 0 Å². The summed E-state index contributed by atoms with van der Waals surface area (Å²) in [5.74, 6) is -0.347. The number of hydrogen-bond acceptors (Lipinski definition) is 13. The number of rotatable bonds is 16. The van der Waals surface area contributed by atoms with Crippen LogP contribution in [-0.2, 0) is 23.7 Å². The van der Waals surface area contributed by atoms with Crippen LogP contribution in [0.3, 0.4) is 0 Å². The van der Waals surface area contributed by atoms with Gasteiger partial charge in [0, 0.05) is 6.42 Å². The standard InChI is InChI=1S/C27H47NO13/c1-3-5-6-7-8-9-10-11-16(31)15(28-19(32)4-2)14-38-26-24(37)22(35)25(18(13-30)40-26)41-27-23(36)21(34)20(33)17(12-29)39-27/h6-7,10-11,15-18,20-27,29-31,33-37H,3-5,8-9,12-14H2,1-2H3,(H,28,32)/b7-6+,11-10+. The molecule has 2 rings (SSSR count). The van der Waals surface area contributed by atoms with Crippen LogP contribution in [-0.4, -0.2) is 140 Å². The zero-order valence-corrected chi connectivity index (χ0v) is 23.5. The van der Waals surface area contributed by atoms with Crippen molar-refractivity contribution in [2.75, 3.05) is 19.8 Å². The lowest BCUT2D eigenvalue weighted by atomic mass is 9.97. The number of aliphatic hydroxyl groups excluding tert-OH is 8. The second kappa shape index (κ2) is 18.2. The second-order valence-electron chi connectivity index (χ2n) is 10.1. The van der Waals surface area contributed by atoms with Crippen molar-refractivity contribution in [3.8, 4) is 0 Å². The summed E-state index contributed by atoms with van der Waals surface area (Å²) >= 11 is 0. The molecule has 1 amide bonds. The molecule has 0 aliphatic carbocycles. The highest BCUT2D eigenvalue weighted by Crippen LogP contribution is 2.29. The molecule has 12 atom stereocenters. The predicted molar refractivity (Wildman–Crippen MR) is 143 cm³/mol. The molecule has 2 heterocycles. The SMILES string of the molecule is CCC/C=C/CC/C=C/C(O)C(COC1OC(CO)C(OC2OC(CO)C(O)C(O)C2O)C(O)C1O)NC(=O)CC. The van der Waals surface area contributed by atoms with Gasteiger partial charge in [0.25, 0.3) is 0 Å². The van der Waals surface area contributed by atoms with Crippen molar-refractivity contribution in [1.29, 1.82) is 0 Å². The molecule has 0 radical (unpaired) electrons. The molecule has 0 aromatic carbocycles. The van der Waals surface area contributed by atoms with Crippen LogP contribution in [0.4, 0.5) is 0 Å². The minimum Gasteiger partial charge on any atom is -0.394 e. The van der Waals surface area contributed by atoms with Crippen LogP contribution < -0.4 is 5.32 Å². The van der Waals surface area contributed by atoms with Crippen LogP contribution in [0.1, 0.15) is 46.0 Å². The summed E-state index contributed by atoms with van der Waals surface area (Å²) in [5, 5.41) is 84.2. The summed E-state index contributed by atoms with van der Waals surface area (Å²) in [7, 11) is 0. The Morgan fingerprint density at radius 2 is 1.44 bits per heavy atom. The van der Waals surface area contributed by atoms with E-state index >= 15 is 0 Å². The van der Waals surface area contributed by atoms with Crippen molar-refractivity contribution in [2.24, 2.45) is 0 Å². The van der Waals surface area contributed by atoms with Crippen molar-refractivity contribution >= 4 is 5.91 Å². The molecule has 41 heavy (non-hydrogen) atoms. The highest BCUT2D eigenvalue weighted by molar-refractivity contribution is 5.75. The second-order valence-corrected chi connectivity index (χ2v) is 10.1. The molecule has 0 aromatic heterocycles. The Hall–Kier alpha value is -1.53. The van der Waals surface area contributed by atoms with Crippen LogP contribution >= 0.6 is 0 Å². The van der Waals surface area contributed by atoms with Crippen molar-refractivity contribution in [3.05, 3.63) is 24.3 Å². The molecule has 0 aromatic rings. The Kier molecular flexibility index (Phi) is 15.8. The fourth-order valence-corrected chi connectivity index (χ4v) is 4.39. The Bertz CT molecular complexity index is 810. The van der Waals surface area contributed by atoms with Gasteiger partial charge in [0.1, 0.15) is 48.8 Å². The monoisotopic (exact) mass is 593 g/mol. The quantitative estimate of drug-likeness (QED) is 0.0671. The van der Waals surface area contributed by atoms with Gasteiger partial charge in [-0.15, -0.1) is 0 Å². The lowest BCUT2D eigenvalue weighted by molar-refractivity contribution is -0.359. The molecule has 0 saturated carbocycles. The largest absolute Gasteiger partial charge is 0.394 e. The van der Waals surface area contributed by atoms with Gasteiger partial charge in [0.2, 0.25) is 5.91 Å². The summed E-state index contributed by atoms with van der Waals surface area (Å²) in [6, 6.07) is -0.919. The molecule has 2 fully saturated rings. The number of carbonyl (C=O) groups excluding carboxylic acids is 1. The number of allylic oxidation sites excluding steroid dienone is 3. The summed E-state index contributed by atoms with van der Waals surface area (Å²) in [5.41, 5.74) is 0. The van der Waals surface area contributed by atoms with E-state index in [9.17, 15) is 45.6 Å². The van der Waals surface area contributed by atoms with Crippen molar-refractivity contribution in [2.45, 2.75) is 120 Å². The van der Waals surface area contributed by atoms with Gasteiger partial charge < -0.3 is 65.1 Å². The smallest absolute Gasteiger partial charge is 0.220 e. The third-order valence-electron chi connectivity index (χ3n) is 6.94. The Balaban J connectivity index is 2.03. The molecule has 12 unspecified atom stereocenters. The first-order chi connectivity index (χ1) is 19.6. The number of carbonyl (C=O) groups is 1. The van der Waals surface area contributed by atoms with Crippen LogP contribution in [0, 0.1) is 0 Å². The molecule has 9 N–H and O–H groups in total. The molecule has 14 nitrogen and oxygen atoms in total. The first-order valence-electron chi connectivity index (χ1n) is 14.1. The summed E-state index contributed by atoms with van der Waals surface area (Å²) in [4.78, 5) is 12.1. The first-order valence-corrected chi connectivity index (χ1v) is 14.1. The topological polar surface area (TPSA) is 228 Å². The van der Waals surface area contributed by atoms with Crippen molar-refractivity contribution in [1.82, 2.24) is 5.32 Å². The van der Waals surface area contributed by atoms with Gasteiger partial charge in [-0.25, -0.2) is 0 Å². The van der Waals surface area contributed by atoms with Crippen LogP contribution in [0.25, 0.3) is 0 Å². The zero-order valence-electron chi connectivity index (χ0n) is 23.5. The number of amides is 1. The molecule has 0 spiro atoms. The number of hydrogen-bond donors (Lipinski definition) is 9. The lowest BCUT2D eigenvalue weighted by Crippen LogP contribution is -2.65. The fourth-order valence-electron chi connectivity index (χ4n) is 4.39. The molecule has 2 saturated heterocycles. The summed E-state index contributed by atoms with van der Waals surface area (Å²) in [6.45, 7) is 1.98. The maximum absolute atomic E-state index is 12.1. The highest BCUT2D eigenvalue weighted by atomic mass is 16.7.